The van der Waals surface area contributed by atoms with Gasteiger partial charge in [0.25, 0.3) is 0 Å². The molecule has 0 N–H and O–H groups in total. The monoisotopic (exact) mass is 499 g/mol. The molecule has 0 bridgehead atoms. The molecule has 0 radical (unpaired) electrons. The van der Waals surface area contributed by atoms with E-state index in [2.05, 4.69) is 21.6 Å². The Balaban J connectivity index is 1.20. The maximum Gasteiger partial charge on any atom is 0.337 e. The minimum Gasteiger partial charge on any atom is -0.465 e. The van der Waals surface area contributed by atoms with Crippen LogP contribution in [-0.2, 0) is 22.5 Å². The first kappa shape index (κ1) is 23.9. The molecule has 7 nitrogen and oxygen atoms in total. The van der Waals surface area contributed by atoms with Gasteiger partial charge in [0.2, 0.25) is 5.91 Å². The number of aromatic nitrogens is 1. The van der Waals surface area contributed by atoms with E-state index in [0.29, 0.717) is 18.0 Å². The molecule has 6 rings (SSSR count). The summed E-state index contributed by atoms with van der Waals surface area (Å²) in [6.07, 6.45) is 3.79. The Bertz CT molecular complexity index is 1350. The normalized spacial score (nSPS) is 20.2. The van der Waals surface area contributed by atoms with Crippen LogP contribution in [0.25, 0.3) is 10.9 Å². The highest BCUT2D eigenvalue weighted by Crippen LogP contribution is 2.36. The highest BCUT2D eigenvalue weighted by molar-refractivity contribution is 6.11. The van der Waals surface area contributed by atoms with Gasteiger partial charge in [-0.15, -0.1) is 0 Å². The second kappa shape index (κ2) is 9.78. The SMILES string of the molecule is COC(=O)c1ccc(Cn2c3c(c4ccccc42)C(=O)C(CN2CCN(C(=O)C4CC4)CC2)CC3)cc1. The fourth-order valence-corrected chi connectivity index (χ4v) is 5.99. The molecule has 0 spiro atoms. The highest BCUT2D eigenvalue weighted by Gasteiger charge is 2.37. The van der Waals surface area contributed by atoms with Crippen LogP contribution in [-0.4, -0.2) is 71.9 Å². The number of hydrogen-bond donors (Lipinski definition) is 0. The number of para-hydroxylation sites is 1. The number of hydrogen-bond acceptors (Lipinski definition) is 5. The number of methoxy groups -OCH3 is 1. The smallest absolute Gasteiger partial charge is 0.337 e. The summed E-state index contributed by atoms with van der Waals surface area (Å²) in [5.74, 6) is 0.479. The van der Waals surface area contributed by atoms with E-state index in [1.165, 1.54) is 7.11 Å². The van der Waals surface area contributed by atoms with Gasteiger partial charge in [-0.05, 0) is 49.4 Å². The van der Waals surface area contributed by atoms with E-state index in [0.717, 1.165) is 86.1 Å². The van der Waals surface area contributed by atoms with Crippen molar-refractivity contribution in [2.45, 2.75) is 32.2 Å². The standard InChI is InChI=1S/C30H33N3O4/c1-37-30(36)22-8-6-20(7-9-22)18-33-25-5-3-2-4-24(25)27-26(33)13-12-23(28(27)34)19-31-14-16-32(17-15-31)29(35)21-10-11-21/h2-9,21,23H,10-19H2,1H3. The number of fused-ring (bicyclic) bond motifs is 3. The van der Waals surface area contributed by atoms with Gasteiger partial charge in [0.05, 0.1) is 12.7 Å². The minimum absolute atomic E-state index is 0.0169. The number of ether oxygens (including phenoxy) is 1. The zero-order valence-electron chi connectivity index (χ0n) is 21.3. The Labute approximate surface area is 217 Å². The second-order valence-corrected chi connectivity index (χ2v) is 10.6. The summed E-state index contributed by atoms with van der Waals surface area (Å²) in [5, 5.41) is 1.03. The zero-order chi connectivity index (χ0) is 25.5. The third-order valence-corrected chi connectivity index (χ3v) is 8.23. The second-order valence-electron chi connectivity index (χ2n) is 10.6. The van der Waals surface area contributed by atoms with Crippen molar-refractivity contribution >= 4 is 28.6 Å². The number of piperazine rings is 1. The van der Waals surface area contributed by atoms with E-state index in [9.17, 15) is 14.4 Å². The van der Waals surface area contributed by atoms with Crippen molar-refractivity contribution in [3.8, 4) is 0 Å². The van der Waals surface area contributed by atoms with E-state index in [-0.39, 0.29) is 23.6 Å². The number of carbonyl (C=O) groups excluding carboxylic acids is 3. The van der Waals surface area contributed by atoms with Crippen molar-refractivity contribution < 1.29 is 19.1 Å². The summed E-state index contributed by atoms with van der Waals surface area (Å²) in [5.41, 5.74) is 4.66. The molecule has 1 aromatic heterocycles. The summed E-state index contributed by atoms with van der Waals surface area (Å²) in [7, 11) is 1.38. The van der Waals surface area contributed by atoms with Crippen molar-refractivity contribution in [2.24, 2.45) is 11.8 Å². The first-order valence-corrected chi connectivity index (χ1v) is 13.4. The average molecular weight is 500 g/mol. The topological polar surface area (TPSA) is 71.8 Å². The summed E-state index contributed by atoms with van der Waals surface area (Å²) < 4.78 is 7.09. The van der Waals surface area contributed by atoms with Crippen molar-refractivity contribution in [3.05, 3.63) is 70.9 Å². The molecule has 1 saturated heterocycles. The quantitative estimate of drug-likeness (QED) is 0.483. The first-order valence-electron chi connectivity index (χ1n) is 13.4. The lowest BCUT2D eigenvalue weighted by Crippen LogP contribution is -2.51. The number of amides is 1. The summed E-state index contributed by atoms with van der Waals surface area (Å²) in [6, 6.07) is 15.7. The fraction of sp³-hybridized carbons (Fsp3) is 0.433. The van der Waals surface area contributed by atoms with Crippen LogP contribution in [0.1, 0.15) is 51.2 Å². The van der Waals surface area contributed by atoms with Crippen LogP contribution >= 0.6 is 0 Å². The van der Waals surface area contributed by atoms with Crippen LogP contribution in [0.2, 0.25) is 0 Å². The zero-order valence-corrected chi connectivity index (χ0v) is 21.3. The van der Waals surface area contributed by atoms with Crippen LogP contribution in [0.4, 0.5) is 0 Å². The third-order valence-electron chi connectivity index (χ3n) is 8.23. The number of ketones is 1. The summed E-state index contributed by atoms with van der Waals surface area (Å²) in [4.78, 5) is 42.4. The maximum atomic E-state index is 13.8. The Kier molecular flexibility index (Phi) is 6.32. The van der Waals surface area contributed by atoms with Gasteiger partial charge in [-0.25, -0.2) is 4.79 Å². The van der Waals surface area contributed by atoms with E-state index in [1.807, 2.05) is 29.2 Å². The number of Topliss-reactive ketones (excluding diaryl/α,β-unsaturated/α-hetero) is 1. The maximum absolute atomic E-state index is 13.8. The van der Waals surface area contributed by atoms with Crippen LogP contribution in [0.5, 0.6) is 0 Å². The molecule has 2 fully saturated rings. The molecule has 192 valence electrons. The van der Waals surface area contributed by atoms with Gasteiger partial charge in [0.15, 0.2) is 5.78 Å². The molecule has 2 aromatic carbocycles. The largest absolute Gasteiger partial charge is 0.465 e. The van der Waals surface area contributed by atoms with Gasteiger partial charge >= 0.3 is 5.97 Å². The fourth-order valence-electron chi connectivity index (χ4n) is 5.99. The molecular weight excluding hydrogens is 466 g/mol. The number of nitrogens with zero attached hydrogens (tertiary/aromatic N) is 3. The molecule has 2 heterocycles. The summed E-state index contributed by atoms with van der Waals surface area (Å²) >= 11 is 0. The van der Waals surface area contributed by atoms with Crippen molar-refractivity contribution in [1.29, 1.82) is 0 Å². The average Bonchev–Trinajstić information content (AvgIpc) is 3.74. The molecular formula is C30H33N3O4. The highest BCUT2D eigenvalue weighted by atomic mass is 16.5. The number of esters is 1. The van der Waals surface area contributed by atoms with E-state index < -0.39 is 0 Å². The van der Waals surface area contributed by atoms with E-state index in [4.69, 9.17) is 4.74 Å². The van der Waals surface area contributed by atoms with E-state index >= 15 is 0 Å². The molecule has 3 aliphatic rings. The van der Waals surface area contributed by atoms with Gasteiger partial charge < -0.3 is 14.2 Å². The predicted molar refractivity (Wildman–Crippen MR) is 141 cm³/mol. The van der Waals surface area contributed by atoms with Gasteiger partial charge in [-0.2, -0.15) is 0 Å². The molecule has 1 aliphatic heterocycles. The van der Waals surface area contributed by atoms with Crippen LogP contribution < -0.4 is 0 Å². The third kappa shape index (κ3) is 4.57. The molecule has 1 atom stereocenters. The molecule has 3 aromatic rings. The van der Waals surface area contributed by atoms with Gasteiger partial charge in [0.1, 0.15) is 0 Å². The predicted octanol–water partition coefficient (Wildman–Crippen LogP) is 3.78. The lowest BCUT2D eigenvalue weighted by molar-refractivity contribution is -0.134. The molecule has 1 unspecified atom stereocenters. The van der Waals surface area contributed by atoms with Gasteiger partial charge in [-0.1, -0.05) is 30.3 Å². The molecule has 1 saturated carbocycles. The van der Waals surface area contributed by atoms with Crippen LogP contribution in [0.15, 0.2) is 48.5 Å². The molecule has 1 amide bonds. The Hall–Kier alpha value is -3.45. The molecule has 7 heteroatoms. The number of rotatable bonds is 6. The van der Waals surface area contributed by atoms with E-state index in [1.54, 1.807) is 12.1 Å². The van der Waals surface area contributed by atoms with Crippen molar-refractivity contribution in [2.75, 3.05) is 39.8 Å². The number of benzene rings is 2. The van der Waals surface area contributed by atoms with Crippen molar-refractivity contribution in [1.82, 2.24) is 14.4 Å². The summed E-state index contributed by atoms with van der Waals surface area (Å²) in [6.45, 7) is 4.65. The van der Waals surface area contributed by atoms with Crippen LogP contribution in [0, 0.1) is 11.8 Å². The Morgan fingerprint density at radius 3 is 2.38 bits per heavy atom. The molecule has 37 heavy (non-hydrogen) atoms. The molecule has 2 aliphatic carbocycles. The minimum atomic E-state index is -0.345. The van der Waals surface area contributed by atoms with Gasteiger partial charge in [0, 0.05) is 73.3 Å². The lowest BCUT2D eigenvalue weighted by atomic mass is 9.84. The first-order chi connectivity index (χ1) is 18.0. The van der Waals surface area contributed by atoms with Gasteiger partial charge in [-0.3, -0.25) is 14.5 Å². The Morgan fingerprint density at radius 2 is 1.68 bits per heavy atom. The van der Waals surface area contributed by atoms with Crippen molar-refractivity contribution in [3.63, 3.8) is 0 Å². The number of carbonyl (C=O) groups is 3. The Morgan fingerprint density at radius 1 is 0.946 bits per heavy atom. The van der Waals surface area contributed by atoms with Crippen LogP contribution in [0.3, 0.4) is 0 Å². The lowest BCUT2D eigenvalue weighted by Gasteiger charge is -2.37.